The third-order valence-corrected chi connectivity index (χ3v) is 2.72. The molecular weight excluding hydrogens is 204 g/mol. The standard InChI is InChI=1S/C10H13F2NS/c1-14-8-4-2-7(3-5-8)9(13)6-10(11)12/h2-5,9-10H,6,13H2,1H3/t9-/m1/s1. The van der Waals surface area contributed by atoms with E-state index >= 15 is 0 Å². The average Bonchev–Trinajstić information content (AvgIpc) is 2.17. The number of benzene rings is 1. The predicted octanol–water partition coefficient (Wildman–Crippen LogP) is 3.06. The lowest BCUT2D eigenvalue weighted by Gasteiger charge is -2.11. The van der Waals surface area contributed by atoms with Crippen molar-refractivity contribution in [3.8, 4) is 0 Å². The molecule has 1 atom stereocenters. The summed E-state index contributed by atoms with van der Waals surface area (Å²) in [6, 6.07) is 6.83. The Bertz CT molecular complexity index is 274. The fourth-order valence-corrected chi connectivity index (χ4v) is 1.59. The second-order valence-electron chi connectivity index (χ2n) is 3.01. The first-order chi connectivity index (χ1) is 6.63. The Hall–Kier alpha value is -0.610. The molecule has 0 spiro atoms. The zero-order chi connectivity index (χ0) is 10.6. The van der Waals surface area contributed by atoms with E-state index in [4.69, 9.17) is 5.73 Å². The minimum Gasteiger partial charge on any atom is -0.324 e. The van der Waals surface area contributed by atoms with E-state index in [1.807, 2.05) is 18.4 Å². The Morgan fingerprint density at radius 2 is 1.86 bits per heavy atom. The summed E-state index contributed by atoms with van der Waals surface area (Å²) in [5, 5.41) is 0. The van der Waals surface area contributed by atoms with Crippen molar-refractivity contribution in [3.63, 3.8) is 0 Å². The molecule has 1 nitrogen and oxygen atoms in total. The van der Waals surface area contributed by atoms with Crippen molar-refractivity contribution in [3.05, 3.63) is 29.8 Å². The highest BCUT2D eigenvalue weighted by Gasteiger charge is 2.12. The molecule has 0 amide bonds. The number of hydrogen-bond donors (Lipinski definition) is 1. The van der Waals surface area contributed by atoms with E-state index in [1.165, 1.54) is 0 Å². The van der Waals surface area contributed by atoms with Crippen LogP contribution < -0.4 is 5.73 Å². The lowest BCUT2D eigenvalue weighted by atomic mass is 10.1. The molecule has 0 saturated heterocycles. The van der Waals surface area contributed by atoms with Gasteiger partial charge in [-0.25, -0.2) is 8.78 Å². The minimum absolute atomic E-state index is 0.279. The monoisotopic (exact) mass is 217 g/mol. The predicted molar refractivity (Wildman–Crippen MR) is 55.8 cm³/mol. The number of hydrogen-bond acceptors (Lipinski definition) is 2. The normalized spacial score (nSPS) is 13.2. The summed E-state index contributed by atoms with van der Waals surface area (Å²) < 4.78 is 24.1. The molecule has 0 heterocycles. The SMILES string of the molecule is CSc1ccc([C@H](N)CC(F)F)cc1. The highest BCUT2D eigenvalue weighted by Crippen LogP contribution is 2.21. The van der Waals surface area contributed by atoms with Crippen LogP contribution in [0.5, 0.6) is 0 Å². The maximum absolute atomic E-state index is 12.0. The van der Waals surface area contributed by atoms with Crippen molar-refractivity contribution in [1.29, 1.82) is 0 Å². The van der Waals surface area contributed by atoms with E-state index in [0.29, 0.717) is 0 Å². The van der Waals surface area contributed by atoms with E-state index in [1.54, 1.807) is 23.9 Å². The third kappa shape index (κ3) is 3.27. The van der Waals surface area contributed by atoms with Gasteiger partial charge >= 0.3 is 0 Å². The molecule has 1 aromatic carbocycles. The van der Waals surface area contributed by atoms with Gasteiger partial charge < -0.3 is 5.73 Å². The fraction of sp³-hybridized carbons (Fsp3) is 0.400. The topological polar surface area (TPSA) is 26.0 Å². The van der Waals surface area contributed by atoms with Crippen LogP contribution in [0.25, 0.3) is 0 Å². The van der Waals surface area contributed by atoms with Gasteiger partial charge in [-0.2, -0.15) is 0 Å². The third-order valence-electron chi connectivity index (χ3n) is 1.98. The van der Waals surface area contributed by atoms with Gasteiger partial charge in [-0.05, 0) is 24.0 Å². The summed E-state index contributed by atoms with van der Waals surface area (Å²) in [5.74, 6) is 0. The molecule has 0 unspecified atom stereocenters. The van der Waals surface area contributed by atoms with E-state index < -0.39 is 12.5 Å². The summed E-state index contributed by atoms with van der Waals surface area (Å²) in [4.78, 5) is 1.11. The Kier molecular flexibility index (Phi) is 4.35. The van der Waals surface area contributed by atoms with Crippen LogP contribution in [0.4, 0.5) is 8.78 Å². The quantitative estimate of drug-likeness (QED) is 0.784. The molecule has 2 N–H and O–H groups in total. The zero-order valence-electron chi connectivity index (χ0n) is 7.91. The lowest BCUT2D eigenvalue weighted by Crippen LogP contribution is -2.13. The van der Waals surface area contributed by atoms with Gasteiger partial charge in [-0.1, -0.05) is 12.1 Å². The van der Waals surface area contributed by atoms with Crippen LogP contribution in [0, 0.1) is 0 Å². The Labute approximate surface area is 86.7 Å². The van der Waals surface area contributed by atoms with E-state index in [-0.39, 0.29) is 6.42 Å². The number of rotatable bonds is 4. The van der Waals surface area contributed by atoms with Gasteiger partial charge in [0.05, 0.1) is 0 Å². The van der Waals surface area contributed by atoms with Crippen molar-refractivity contribution in [1.82, 2.24) is 0 Å². The highest BCUT2D eigenvalue weighted by molar-refractivity contribution is 7.98. The fourth-order valence-electron chi connectivity index (χ4n) is 1.18. The van der Waals surface area contributed by atoms with Crippen LogP contribution in [-0.4, -0.2) is 12.7 Å². The van der Waals surface area contributed by atoms with Gasteiger partial charge in [0.15, 0.2) is 0 Å². The lowest BCUT2D eigenvalue weighted by molar-refractivity contribution is 0.128. The minimum atomic E-state index is -2.34. The first-order valence-corrected chi connectivity index (χ1v) is 5.53. The summed E-state index contributed by atoms with van der Waals surface area (Å²) in [6.07, 6.45) is -0.655. The molecule has 4 heteroatoms. The average molecular weight is 217 g/mol. The number of thioether (sulfide) groups is 1. The van der Waals surface area contributed by atoms with Crippen LogP contribution >= 0.6 is 11.8 Å². The molecule has 0 fully saturated rings. The van der Waals surface area contributed by atoms with Crippen molar-refractivity contribution < 1.29 is 8.78 Å². The van der Waals surface area contributed by atoms with Crippen LogP contribution in [0.1, 0.15) is 18.0 Å². The summed E-state index contributed by atoms with van der Waals surface area (Å²) in [7, 11) is 0. The van der Waals surface area contributed by atoms with Crippen LogP contribution in [-0.2, 0) is 0 Å². The molecule has 14 heavy (non-hydrogen) atoms. The molecule has 0 aliphatic rings. The molecule has 0 aliphatic heterocycles. The van der Waals surface area contributed by atoms with Gasteiger partial charge in [0.1, 0.15) is 0 Å². The van der Waals surface area contributed by atoms with E-state index in [9.17, 15) is 8.78 Å². The van der Waals surface area contributed by atoms with Crippen molar-refractivity contribution in [2.45, 2.75) is 23.8 Å². The number of halogens is 2. The van der Waals surface area contributed by atoms with Crippen LogP contribution in [0.2, 0.25) is 0 Å². The summed E-state index contributed by atoms with van der Waals surface area (Å²) in [5.41, 5.74) is 6.37. The van der Waals surface area contributed by atoms with Gasteiger partial charge in [0.2, 0.25) is 6.43 Å². The molecule has 0 aromatic heterocycles. The summed E-state index contributed by atoms with van der Waals surface area (Å²) in [6.45, 7) is 0. The van der Waals surface area contributed by atoms with Gasteiger partial charge in [0.25, 0.3) is 0 Å². The van der Waals surface area contributed by atoms with Gasteiger partial charge in [-0.3, -0.25) is 0 Å². The number of alkyl halides is 2. The zero-order valence-corrected chi connectivity index (χ0v) is 8.73. The Balaban J connectivity index is 2.66. The van der Waals surface area contributed by atoms with Crippen LogP contribution in [0.15, 0.2) is 29.2 Å². The van der Waals surface area contributed by atoms with Crippen LogP contribution in [0.3, 0.4) is 0 Å². The molecule has 78 valence electrons. The highest BCUT2D eigenvalue weighted by atomic mass is 32.2. The Morgan fingerprint density at radius 1 is 1.29 bits per heavy atom. The summed E-state index contributed by atoms with van der Waals surface area (Å²) >= 11 is 1.61. The maximum Gasteiger partial charge on any atom is 0.240 e. The molecule has 0 bridgehead atoms. The van der Waals surface area contributed by atoms with Gasteiger partial charge in [-0.15, -0.1) is 11.8 Å². The largest absolute Gasteiger partial charge is 0.324 e. The maximum atomic E-state index is 12.0. The molecule has 1 rings (SSSR count). The molecule has 1 aromatic rings. The molecular formula is C10H13F2NS. The van der Waals surface area contributed by atoms with E-state index in [2.05, 4.69) is 0 Å². The Morgan fingerprint density at radius 3 is 2.29 bits per heavy atom. The molecule has 0 radical (unpaired) electrons. The molecule has 0 saturated carbocycles. The first-order valence-electron chi connectivity index (χ1n) is 4.31. The first kappa shape index (κ1) is 11.5. The van der Waals surface area contributed by atoms with E-state index in [0.717, 1.165) is 10.5 Å². The second-order valence-corrected chi connectivity index (χ2v) is 3.89. The van der Waals surface area contributed by atoms with Crippen molar-refractivity contribution >= 4 is 11.8 Å². The smallest absolute Gasteiger partial charge is 0.240 e. The number of nitrogens with two attached hydrogens (primary N) is 1. The van der Waals surface area contributed by atoms with Crippen molar-refractivity contribution in [2.75, 3.05) is 6.26 Å². The molecule has 0 aliphatic carbocycles. The van der Waals surface area contributed by atoms with Gasteiger partial charge in [0, 0.05) is 17.4 Å². The van der Waals surface area contributed by atoms with Crippen molar-refractivity contribution in [2.24, 2.45) is 5.73 Å². The second kappa shape index (κ2) is 5.32.